The molecule has 0 radical (unpaired) electrons. The van der Waals surface area contributed by atoms with E-state index in [1.165, 1.54) is 0 Å². The van der Waals surface area contributed by atoms with Crippen LogP contribution in [0, 0.1) is 12.8 Å². The van der Waals surface area contributed by atoms with E-state index < -0.39 is 0 Å². The van der Waals surface area contributed by atoms with E-state index in [0.29, 0.717) is 54.0 Å². The van der Waals surface area contributed by atoms with Gasteiger partial charge in [0.05, 0.1) is 23.2 Å². The number of furan rings is 1. The molecule has 162 valence electrons. The smallest absolute Gasteiger partial charge is 0.310 e. The number of benzene rings is 1. The predicted molar refractivity (Wildman–Crippen MR) is 116 cm³/mol. The van der Waals surface area contributed by atoms with Gasteiger partial charge >= 0.3 is 5.97 Å². The number of amides is 1. The van der Waals surface area contributed by atoms with Gasteiger partial charge in [-0.25, -0.2) is 4.68 Å². The Balaban J connectivity index is 1.71. The Morgan fingerprint density at radius 2 is 2.06 bits per heavy atom. The molecule has 2 aromatic heterocycles. The molecule has 31 heavy (non-hydrogen) atoms. The number of para-hydroxylation sites is 1. The quantitative estimate of drug-likeness (QED) is 0.544. The second-order valence-corrected chi connectivity index (χ2v) is 7.94. The summed E-state index contributed by atoms with van der Waals surface area (Å²) in [5.41, 5.74) is 1.50. The van der Waals surface area contributed by atoms with Crippen molar-refractivity contribution in [2.24, 2.45) is 5.92 Å². The number of likely N-dealkylation sites (tertiary alicyclic amines) is 1. The SMILES string of the molecule is CCOC(=O)C1CCCN(C(=O)c2cc(-c3ccc(C)o3)nn2-c2ccccc2Cl)C1. The minimum Gasteiger partial charge on any atom is -0.466 e. The highest BCUT2D eigenvalue weighted by atomic mass is 35.5. The fraction of sp³-hybridized carbons (Fsp3) is 0.348. The molecule has 1 atom stereocenters. The highest BCUT2D eigenvalue weighted by molar-refractivity contribution is 6.32. The van der Waals surface area contributed by atoms with Crippen LogP contribution in [-0.4, -0.2) is 46.3 Å². The van der Waals surface area contributed by atoms with E-state index in [4.69, 9.17) is 20.8 Å². The number of carbonyl (C=O) groups is 2. The van der Waals surface area contributed by atoms with Crippen LogP contribution in [0.5, 0.6) is 0 Å². The molecule has 0 spiro atoms. The summed E-state index contributed by atoms with van der Waals surface area (Å²) in [6, 6.07) is 12.6. The maximum Gasteiger partial charge on any atom is 0.310 e. The summed E-state index contributed by atoms with van der Waals surface area (Å²) in [5, 5.41) is 5.10. The summed E-state index contributed by atoms with van der Waals surface area (Å²) < 4.78 is 12.4. The van der Waals surface area contributed by atoms with Crippen LogP contribution in [-0.2, 0) is 9.53 Å². The summed E-state index contributed by atoms with van der Waals surface area (Å²) in [7, 11) is 0. The van der Waals surface area contributed by atoms with Crippen molar-refractivity contribution in [1.29, 1.82) is 0 Å². The summed E-state index contributed by atoms with van der Waals surface area (Å²) in [5.74, 6) is 0.535. The second-order valence-electron chi connectivity index (χ2n) is 7.53. The van der Waals surface area contributed by atoms with Crippen LogP contribution < -0.4 is 0 Å². The zero-order valence-corrected chi connectivity index (χ0v) is 18.3. The van der Waals surface area contributed by atoms with E-state index in [1.54, 1.807) is 34.7 Å². The number of carbonyl (C=O) groups excluding carboxylic acids is 2. The molecule has 7 nitrogen and oxygen atoms in total. The first-order valence-corrected chi connectivity index (χ1v) is 10.7. The maximum atomic E-state index is 13.5. The zero-order valence-electron chi connectivity index (χ0n) is 17.5. The molecule has 1 aromatic carbocycles. The third kappa shape index (κ3) is 4.37. The molecule has 1 aliphatic rings. The molecule has 1 saturated heterocycles. The topological polar surface area (TPSA) is 77.6 Å². The van der Waals surface area contributed by atoms with E-state index in [9.17, 15) is 9.59 Å². The molecule has 4 rings (SSSR count). The van der Waals surface area contributed by atoms with E-state index in [-0.39, 0.29) is 17.8 Å². The first kappa shape index (κ1) is 21.2. The van der Waals surface area contributed by atoms with Crippen LogP contribution >= 0.6 is 11.6 Å². The van der Waals surface area contributed by atoms with Gasteiger partial charge in [-0.05, 0) is 51.0 Å². The Hall–Kier alpha value is -3.06. The molecular weight excluding hydrogens is 418 g/mol. The van der Waals surface area contributed by atoms with Gasteiger partial charge in [0, 0.05) is 19.2 Å². The predicted octanol–water partition coefficient (Wildman–Crippen LogP) is 4.51. The van der Waals surface area contributed by atoms with Crippen LogP contribution in [0.1, 0.15) is 36.0 Å². The first-order valence-electron chi connectivity index (χ1n) is 10.4. The monoisotopic (exact) mass is 441 g/mol. The van der Waals surface area contributed by atoms with Gasteiger partial charge in [0.25, 0.3) is 5.91 Å². The Morgan fingerprint density at radius 3 is 2.77 bits per heavy atom. The molecule has 3 heterocycles. The van der Waals surface area contributed by atoms with Crippen molar-refractivity contribution in [2.45, 2.75) is 26.7 Å². The fourth-order valence-corrected chi connectivity index (χ4v) is 4.03. The van der Waals surface area contributed by atoms with Crippen molar-refractivity contribution in [2.75, 3.05) is 19.7 Å². The number of esters is 1. The highest BCUT2D eigenvalue weighted by Gasteiger charge is 2.32. The van der Waals surface area contributed by atoms with Crippen LogP contribution in [0.4, 0.5) is 0 Å². The zero-order chi connectivity index (χ0) is 22.0. The average molecular weight is 442 g/mol. The van der Waals surface area contributed by atoms with Crippen molar-refractivity contribution in [3.05, 3.63) is 58.9 Å². The van der Waals surface area contributed by atoms with Crippen molar-refractivity contribution >= 4 is 23.5 Å². The Kier molecular flexibility index (Phi) is 6.13. The van der Waals surface area contributed by atoms with Crippen LogP contribution in [0.2, 0.25) is 5.02 Å². The molecule has 0 saturated carbocycles. The van der Waals surface area contributed by atoms with Gasteiger partial charge in [-0.15, -0.1) is 0 Å². The highest BCUT2D eigenvalue weighted by Crippen LogP contribution is 2.28. The number of hydrogen-bond acceptors (Lipinski definition) is 5. The molecule has 0 bridgehead atoms. The molecule has 0 aliphatic carbocycles. The Bertz CT molecular complexity index is 1100. The minimum absolute atomic E-state index is 0.212. The van der Waals surface area contributed by atoms with Gasteiger partial charge in [-0.3, -0.25) is 9.59 Å². The minimum atomic E-state index is -0.318. The number of piperidine rings is 1. The fourth-order valence-electron chi connectivity index (χ4n) is 3.81. The van der Waals surface area contributed by atoms with E-state index in [1.807, 2.05) is 31.2 Å². The van der Waals surface area contributed by atoms with Gasteiger partial charge in [0.2, 0.25) is 0 Å². The number of aromatic nitrogens is 2. The van der Waals surface area contributed by atoms with E-state index in [2.05, 4.69) is 5.10 Å². The molecule has 1 fully saturated rings. The van der Waals surface area contributed by atoms with Crippen molar-refractivity contribution < 1.29 is 18.7 Å². The van der Waals surface area contributed by atoms with Gasteiger partial charge < -0.3 is 14.1 Å². The third-order valence-electron chi connectivity index (χ3n) is 5.33. The summed E-state index contributed by atoms with van der Waals surface area (Å²) in [6.45, 7) is 4.85. The average Bonchev–Trinajstić information content (AvgIpc) is 3.40. The van der Waals surface area contributed by atoms with Gasteiger partial charge in [0.15, 0.2) is 5.76 Å². The molecule has 1 unspecified atom stereocenters. The molecular formula is C23H24ClN3O4. The van der Waals surface area contributed by atoms with Crippen molar-refractivity contribution in [3.63, 3.8) is 0 Å². The molecule has 0 N–H and O–H groups in total. The van der Waals surface area contributed by atoms with Crippen LogP contribution in [0.3, 0.4) is 0 Å². The van der Waals surface area contributed by atoms with Crippen molar-refractivity contribution in [1.82, 2.24) is 14.7 Å². The first-order chi connectivity index (χ1) is 15.0. The Morgan fingerprint density at radius 1 is 1.26 bits per heavy atom. The van der Waals surface area contributed by atoms with Gasteiger partial charge in [-0.1, -0.05) is 23.7 Å². The van der Waals surface area contributed by atoms with Crippen LogP contribution in [0.25, 0.3) is 17.1 Å². The summed E-state index contributed by atoms with van der Waals surface area (Å²) >= 11 is 6.41. The lowest BCUT2D eigenvalue weighted by molar-refractivity contribution is -0.149. The second kappa shape index (κ2) is 8.98. The number of rotatable bonds is 5. The normalized spacial score (nSPS) is 16.4. The van der Waals surface area contributed by atoms with Gasteiger partial charge in [-0.2, -0.15) is 5.10 Å². The molecule has 1 aliphatic heterocycles. The number of hydrogen-bond donors (Lipinski definition) is 0. The summed E-state index contributed by atoms with van der Waals surface area (Å²) in [6.07, 6.45) is 1.45. The third-order valence-corrected chi connectivity index (χ3v) is 5.65. The lowest BCUT2D eigenvalue weighted by atomic mass is 9.98. The molecule has 8 heteroatoms. The van der Waals surface area contributed by atoms with Crippen molar-refractivity contribution in [3.8, 4) is 17.1 Å². The number of aryl methyl sites for hydroxylation is 1. The van der Waals surface area contributed by atoms with E-state index in [0.717, 1.165) is 12.2 Å². The van der Waals surface area contributed by atoms with Crippen LogP contribution in [0.15, 0.2) is 46.9 Å². The number of halogens is 1. The largest absolute Gasteiger partial charge is 0.466 e. The summed E-state index contributed by atoms with van der Waals surface area (Å²) in [4.78, 5) is 27.4. The van der Waals surface area contributed by atoms with E-state index >= 15 is 0 Å². The number of nitrogens with zero attached hydrogens (tertiary/aromatic N) is 3. The van der Waals surface area contributed by atoms with Gasteiger partial charge in [0.1, 0.15) is 17.1 Å². The standard InChI is InChI=1S/C23H24ClN3O4/c1-3-30-23(29)16-7-6-12-26(14-16)22(28)20-13-18(21-11-10-15(2)31-21)25-27(20)19-9-5-4-8-17(19)24/h4-5,8-11,13,16H,3,6-7,12,14H2,1-2H3. The lowest BCUT2D eigenvalue weighted by Gasteiger charge is -2.31. The number of ether oxygens (including phenoxy) is 1. The lowest BCUT2D eigenvalue weighted by Crippen LogP contribution is -2.43. The Labute approximate surface area is 185 Å². The molecule has 1 amide bonds. The molecule has 3 aromatic rings. The maximum absolute atomic E-state index is 13.5.